The van der Waals surface area contributed by atoms with E-state index in [0.717, 1.165) is 10.5 Å². The molecule has 0 aliphatic carbocycles. The molecule has 1 aliphatic rings. The second kappa shape index (κ2) is 13.0. The Labute approximate surface area is 220 Å². The second-order valence-corrected chi connectivity index (χ2v) is 9.48. The summed E-state index contributed by atoms with van der Waals surface area (Å²) in [5, 5.41) is 34.4. The number of carboxylic acids is 1. The summed E-state index contributed by atoms with van der Waals surface area (Å²) in [6.45, 7) is 1.53. The van der Waals surface area contributed by atoms with Gasteiger partial charge in [-0.25, -0.2) is 4.79 Å². The van der Waals surface area contributed by atoms with Gasteiger partial charge >= 0.3 is 5.97 Å². The largest absolute Gasteiger partial charge is 0.508 e. The number of carbonyl (C=O) groups is 4. The highest BCUT2D eigenvalue weighted by Gasteiger charge is 2.40. The molecule has 38 heavy (non-hydrogen) atoms. The minimum atomic E-state index is -1.40. The van der Waals surface area contributed by atoms with Crippen LogP contribution in [0.1, 0.15) is 30.9 Å². The number of phenolic OH excluding ortho intramolecular Hbond substituents is 1. The summed E-state index contributed by atoms with van der Waals surface area (Å²) in [6.07, 6.45) is -0.285. The maximum atomic E-state index is 13.4. The molecule has 204 valence electrons. The molecule has 5 atom stereocenters. The van der Waals surface area contributed by atoms with Gasteiger partial charge in [0.25, 0.3) is 0 Å². The Morgan fingerprint density at radius 3 is 2.21 bits per heavy atom. The number of carbonyl (C=O) groups excluding carboxylic acids is 3. The first-order valence-corrected chi connectivity index (χ1v) is 12.5. The summed E-state index contributed by atoms with van der Waals surface area (Å²) in [5.74, 6) is -3.09. The van der Waals surface area contributed by atoms with E-state index in [4.69, 9.17) is 5.73 Å². The van der Waals surface area contributed by atoms with Crippen molar-refractivity contribution in [2.24, 2.45) is 5.73 Å². The van der Waals surface area contributed by atoms with Crippen LogP contribution in [0, 0.1) is 0 Å². The minimum Gasteiger partial charge on any atom is -0.508 e. The first-order valence-electron chi connectivity index (χ1n) is 12.5. The van der Waals surface area contributed by atoms with Crippen molar-refractivity contribution >= 4 is 23.7 Å². The molecule has 7 N–H and O–H groups in total. The fraction of sp³-hybridized carbons (Fsp3) is 0.407. The second-order valence-electron chi connectivity index (χ2n) is 9.48. The number of aliphatic hydroxyl groups is 1. The van der Waals surface area contributed by atoms with Gasteiger partial charge in [0.05, 0.1) is 12.1 Å². The van der Waals surface area contributed by atoms with Crippen LogP contribution in [0.15, 0.2) is 54.6 Å². The summed E-state index contributed by atoms with van der Waals surface area (Å²) in [5.41, 5.74) is 7.55. The van der Waals surface area contributed by atoms with Crippen molar-refractivity contribution in [1.29, 1.82) is 0 Å². The van der Waals surface area contributed by atoms with Crippen LogP contribution >= 0.6 is 0 Å². The van der Waals surface area contributed by atoms with Crippen molar-refractivity contribution in [3.05, 3.63) is 65.7 Å². The molecule has 11 nitrogen and oxygen atoms in total. The Hall–Kier alpha value is -3.96. The molecular weight excluding hydrogens is 492 g/mol. The fourth-order valence-corrected chi connectivity index (χ4v) is 4.42. The van der Waals surface area contributed by atoms with Crippen molar-refractivity contribution < 1.29 is 34.5 Å². The van der Waals surface area contributed by atoms with Crippen LogP contribution in [0.25, 0.3) is 0 Å². The number of aliphatic hydroxyl groups excluding tert-OH is 1. The number of benzene rings is 2. The van der Waals surface area contributed by atoms with Crippen molar-refractivity contribution in [1.82, 2.24) is 15.5 Å². The van der Waals surface area contributed by atoms with E-state index in [9.17, 15) is 34.5 Å². The number of hydrogen-bond donors (Lipinski definition) is 6. The van der Waals surface area contributed by atoms with Crippen molar-refractivity contribution in [3.63, 3.8) is 0 Å². The van der Waals surface area contributed by atoms with Crippen molar-refractivity contribution in [3.8, 4) is 5.75 Å². The molecule has 0 saturated carbocycles. The van der Waals surface area contributed by atoms with Gasteiger partial charge in [0, 0.05) is 13.0 Å². The summed E-state index contributed by atoms with van der Waals surface area (Å²) >= 11 is 0. The number of carboxylic acid groups (broad SMARTS) is 1. The van der Waals surface area contributed by atoms with Crippen LogP contribution in [0.5, 0.6) is 5.75 Å². The molecule has 3 rings (SSSR count). The number of phenols is 1. The molecule has 1 aliphatic heterocycles. The van der Waals surface area contributed by atoms with E-state index in [1.54, 1.807) is 36.4 Å². The molecule has 11 heteroatoms. The Morgan fingerprint density at radius 2 is 1.61 bits per heavy atom. The summed E-state index contributed by atoms with van der Waals surface area (Å²) in [4.78, 5) is 52.2. The predicted molar refractivity (Wildman–Crippen MR) is 138 cm³/mol. The minimum absolute atomic E-state index is 0.0807. The third kappa shape index (κ3) is 7.53. The Balaban J connectivity index is 1.75. The first-order chi connectivity index (χ1) is 18.1. The van der Waals surface area contributed by atoms with Crippen LogP contribution in [-0.2, 0) is 32.0 Å². The van der Waals surface area contributed by atoms with E-state index in [-0.39, 0.29) is 31.6 Å². The van der Waals surface area contributed by atoms with E-state index >= 15 is 0 Å². The molecule has 5 unspecified atom stereocenters. The van der Waals surface area contributed by atoms with Gasteiger partial charge in [0.1, 0.15) is 23.9 Å². The molecule has 0 spiro atoms. The smallest absolute Gasteiger partial charge is 0.326 e. The summed E-state index contributed by atoms with van der Waals surface area (Å²) < 4.78 is 0. The predicted octanol–water partition coefficient (Wildman–Crippen LogP) is -0.0693. The monoisotopic (exact) mass is 526 g/mol. The fourth-order valence-electron chi connectivity index (χ4n) is 4.42. The van der Waals surface area contributed by atoms with Gasteiger partial charge < -0.3 is 36.6 Å². The van der Waals surface area contributed by atoms with Crippen LogP contribution in [0.3, 0.4) is 0 Å². The Kier molecular flexibility index (Phi) is 9.80. The first kappa shape index (κ1) is 28.6. The number of hydrogen-bond acceptors (Lipinski definition) is 7. The molecule has 2 aromatic rings. The maximum Gasteiger partial charge on any atom is 0.326 e. The molecule has 1 saturated heterocycles. The lowest BCUT2D eigenvalue weighted by Crippen LogP contribution is -2.60. The molecule has 0 bridgehead atoms. The Bertz CT molecular complexity index is 1120. The zero-order valence-corrected chi connectivity index (χ0v) is 21.1. The number of nitrogens with two attached hydrogens (primary N) is 1. The molecule has 3 amide bonds. The number of amides is 3. The van der Waals surface area contributed by atoms with Crippen LogP contribution in [0.2, 0.25) is 0 Å². The molecule has 1 heterocycles. The van der Waals surface area contributed by atoms with Crippen LogP contribution in [0.4, 0.5) is 0 Å². The summed E-state index contributed by atoms with van der Waals surface area (Å²) in [7, 11) is 0. The molecular formula is C27H34N4O7. The van der Waals surface area contributed by atoms with E-state index in [2.05, 4.69) is 10.6 Å². The maximum absolute atomic E-state index is 13.4. The average molecular weight is 527 g/mol. The van der Waals surface area contributed by atoms with E-state index < -0.39 is 54.0 Å². The third-order valence-corrected chi connectivity index (χ3v) is 6.51. The quantitative estimate of drug-likeness (QED) is 0.235. The average Bonchev–Trinajstić information content (AvgIpc) is 3.38. The van der Waals surface area contributed by atoms with Gasteiger partial charge in [-0.3, -0.25) is 14.4 Å². The van der Waals surface area contributed by atoms with Crippen molar-refractivity contribution in [2.45, 2.75) is 62.9 Å². The molecule has 0 aromatic heterocycles. The highest BCUT2D eigenvalue weighted by molar-refractivity contribution is 5.94. The van der Waals surface area contributed by atoms with Gasteiger partial charge in [-0.2, -0.15) is 0 Å². The molecule has 0 radical (unpaired) electrons. The number of nitrogens with zero attached hydrogens (tertiary/aromatic N) is 1. The lowest BCUT2D eigenvalue weighted by molar-refractivity contribution is -0.150. The molecule has 2 aromatic carbocycles. The van der Waals surface area contributed by atoms with Crippen molar-refractivity contribution in [2.75, 3.05) is 6.54 Å². The zero-order chi connectivity index (χ0) is 27.8. The Morgan fingerprint density at radius 1 is 0.974 bits per heavy atom. The zero-order valence-electron chi connectivity index (χ0n) is 21.1. The standard InChI is InChI=1S/C27H34N4O7/c1-16(32)23(26(36)31-13-5-8-22(31)27(37)38)30-25(35)21(15-17-6-3-2-4-7-17)29-24(34)20(28)14-18-9-11-19(33)12-10-18/h2-4,6-7,9-12,16,20-23,32-33H,5,8,13-15,28H2,1H3,(H,29,34)(H,30,35)(H,37,38). The highest BCUT2D eigenvalue weighted by atomic mass is 16.4. The number of nitrogens with one attached hydrogen (secondary N) is 2. The third-order valence-electron chi connectivity index (χ3n) is 6.51. The van der Waals surface area contributed by atoms with E-state index in [0.29, 0.717) is 12.0 Å². The summed E-state index contributed by atoms with van der Waals surface area (Å²) in [6, 6.07) is 10.6. The van der Waals surface area contributed by atoms with Gasteiger partial charge in [-0.05, 0) is 49.4 Å². The number of aromatic hydroxyl groups is 1. The number of aliphatic carboxylic acids is 1. The topological polar surface area (TPSA) is 182 Å². The van der Waals surface area contributed by atoms with E-state index in [1.165, 1.54) is 19.1 Å². The normalized spacial score (nSPS) is 18.2. The lowest BCUT2D eigenvalue weighted by atomic mass is 10.0. The van der Waals surface area contributed by atoms with Gasteiger partial charge in [-0.1, -0.05) is 42.5 Å². The van der Waals surface area contributed by atoms with Crippen LogP contribution < -0.4 is 16.4 Å². The lowest BCUT2D eigenvalue weighted by Gasteiger charge is -2.30. The van der Waals surface area contributed by atoms with Gasteiger partial charge in [-0.15, -0.1) is 0 Å². The van der Waals surface area contributed by atoms with E-state index in [1.807, 2.05) is 6.07 Å². The van der Waals surface area contributed by atoms with Gasteiger partial charge in [0.2, 0.25) is 17.7 Å². The molecule has 1 fully saturated rings. The number of likely N-dealkylation sites (tertiary alicyclic amines) is 1. The SMILES string of the molecule is CC(O)C(NC(=O)C(Cc1ccccc1)NC(=O)C(N)Cc1ccc(O)cc1)C(=O)N1CCCC1C(=O)O. The van der Waals surface area contributed by atoms with Gasteiger partial charge in [0.15, 0.2) is 0 Å². The number of rotatable bonds is 11. The highest BCUT2D eigenvalue weighted by Crippen LogP contribution is 2.19. The van der Waals surface area contributed by atoms with Crippen LogP contribution in [-0.4, -0.2) is 80.7 Å².